The summed E-state index contributed by atoms with van der Waals surface area (Å²) in [7, 11) is 0. The fourth-order valence-electron chi connectivity index (χ4n) is 3.01. The molecule has 1 aliphatic carbocycles. The summed E-state index contributed by atoms with van der Waals surface area (Å²) in [6, 6.07) is 0. The number of H-pyrrole nitrogens is 1. The van der Waals surface area contributed by atoms with E-state index in [1.807, 2.05) is 0 Å². The molecule has 0 saturated carbocycles. The van der Waals surface area contributed by atoms with E-state index < -0.39 is 0 Å². The average molecular weight is 297 g/mol. The second-order valence-corrected chi connectivity index (χ2v) is 6.58. The van der Waals surface area contributed by atoms with Crippen molar-refractivity contribution in [2.24, 2.45) is 5.92 Å². The summed E-state index contributed by atoms with van der Waals surface area (Å²) in [4.78, 5) is 21.6. The molecule has 0 saturated heterocycles. The summed E-state index contributed by atoms with van der Waals surface area (Å²) < 4.78 is 0. The van der Waals surface area contributed by atoms with Crippen molar-refractivity contribution < 1.29 is 0 Å². The summed E-state index contributed by atoms with van der Waals surface area (Å²) in [5, 5.41) is 0.809. The van der Waals surface area contributed by atoms with Crippen LogP contribution in [0.2, 0.25) is 0 Å². The second-order valence-electron chi connectivity index (χ2n) is 5.23. The maximum atomic E-state index is 12.2. The van der Waals surface area contributed by atoms with E-state index in [-0.39, 0.29) is 11.4 Å². The minimum atomic E-state index is -0.0212. The summed E-state index contributed by atoms with van der Waals surface area (Å²) in [6.07, 6.45) is 5.85. The summed E-state index contributed by atoms with van der Waals surface area (Å²) in [5.74, 6) is 1.60. The van der Waals surface area contributed by atoms with Gasteiger partial charge >= 0.3 is 0 Å². The first kappa shape index (κ1) is 13.1. The average Bonchev–Trinajstić information content (AvgIpc) is 2.76. The number of rotatable bonds is 3. The van der Waals surface area contributed by atoms with Gasteiger partial charge in [0.05, 0.1) is 11.3 Å². The van der Waals surface area contributed by atoms with Gasteiger partial charge in [-0.1, -0.05) is 19.8 Å². The molecule has 0 radical (unpaired) electrons. The van der Waals surface area contributed by atoms with Gasteiger partial charge in [0.2, 0.25) is 0 Å². The van der Waals surface area contributed by atoms with Crippen LogP contribution in [0.3, 0.4) is 0 Å². The van der Waals surface area contributed by atoms with Crippen molar-refractivity contribution in [1.82, 2.24) is 9.97 Å². The number of fused-ring (bicyclic) bond motifs is 3. The quantitative estimate of drug-likeness (QED) is 0.879. The summed E-state index contributed by atoms with van der Waals surface area (Å²) in [6.45, 7) is 2.24. The summed E-state index contributed by atoms with van der Waals surface area (Å²) in [5.41, 5.74) is 1.22. The number of nitrogens with one attached hydrogen (secondary N) is 1. The third-order valence-corrected chi connectivity index (χ3v) is 5.30. The molecule has 0 aromatic carbocycles. The van der Waals surface area contributed by atoms with Crippen LogP contribution in [0.15, 0.2) is 4.79 Å². The number of aromatic nitrogens is 2. The van der Waals surface area contributed by atoms with Gasteiger partial charge < -0.3 is 4.98 Å². The number of alkyl halides is 1. The number of aryl methyl sites for hydroxylation is 1. The molecule has 0 bridgehead atoms. The highest BCUT2D eigenvalue weighted by molar-refractivity contribution is 7.18. The summed E-state index contributed by atoms with van der Waals surface area (Å²) >= 11 is 7.45. The van der Waals surface area contributed by atoms with E-state index in [1.165, 1.54) is 29.7 Å². The van der Waals surface area contributed by atoms with Gasteiger partial charge in [0.15, 0.2) is 0 Å². The van der Waals surface area contributed by atoms with Crippen molar-refractivity contribution in [3.05, 3.63) is 26.6 Å². The smallest absolute Gasteiger partial charge is 0.259 e. The Bertz CT molecular complexity index is 661. The third-order valence-electron chi connectivity index (χ3n) is 3.89. The molecule has 1 atom stereocenters. The highest BCUT2D eigenvalue weighted by Crippen LogP contribution is 2.37. The number of aromatic amines is 1. The fraction of sp³-hybridized carbons (Fsp3) is 0.571. The van der Waals surface area contributed by atoms with Crippen LogP contribution < -0.4 is 5.56 Å². The molecule has 0 spiro atoms. The molecule has 1 N–H and O–H groups in total. The van der Waals surface area contributed by atoms with Crippen molar-refractivity contribution >= 4 is 33.2 Å². The van der Waals surface area contributed by atoms with E-state index in [2.05, 4.69) is 16.9 Å². The first-order valence-corrected chi connectivity index (χ1v) is 8.17. The lowest BCUT2D eigenvalue weighted by molar-refractivity contribution is 0.428. The molecule has 0 amide bonds. The van der Waals surface area contributed by atoms with Crippen LogP contribution in [0.4, 0.5) is 0 Å². The van der Waals surface area contributed by atoms with E-state index in [1.54, 1.807) is 11.3 Å². The molecule has 3 rings (SSSR count). The van der Waals surface area contributed by atoms with E-state index >= 15 is 0 Å². The lowest BCUT2D eigenvalue weighted by atomic mass is 9.85. The molecule has 0 fully saturated rings. The Hall–Kier alpha value is -0.870. The van der Waals surface area contributed by atoms with Crippen molar-refractivity contribution in [2.75, 3.05) is 0 Å². The number of hydrogen-bond donors (Lipinski definition) is 1. The second kappa shape index (κ2) is 5.25. The van der Waals surface area contributed by atoms with Gasteiger partial charge in [0, 0.05) is 4.88 Å². The molecule has 5 heteroatoms. The molecule has 2 aromatic heterocycles. The predicted octanol–water partition coefficient (Wildman–Crippen LogP) is 3.63. The largest absolute Gasteiger partial charge is 0.309 e. The van der Waals surface area contributed by atoms with E-state index in [4.69, 9.17) is 11.6 Å². The zero-order valence-corrected chi connectivity index (χ0v) is 12.5. The van der Waals surface area contributed by atoms with Crippen LogP contribution in [-0.4, -0.2) is 9.97 Å². The Kier molecular flexibility index (Phi) is 3.63. The zero-order valence-electron chi connectivity index (χ0n) is 11.0. The molecule has 2 aromatic rings. The van der Waals surface area contributed by atoms with Gasteiger partial charge in [0.25, 0.3) is 5.56 Å². The Morgan fingerprint density at radius 2 is 2.37 bits per heavy atom. The van der Waals surface area contributed by atoms with Crippen LogP contribution >= 0.6 is 22.9 Å². The van der Waals surface area contributed by atoms with E-state index in [9.17, 15) is 4.79 Å². The molecule has 102 valence electrons. The van der Waals surface area contributed by atoms with Crippen LogP contribution in [0, 0.1) is 5.92 Å². The van der Waals surface area contributed by atoms with Crippen molar-refractivity contribution in [3.8, 4) is 0 Å². The Morgan fingerprint density at radius 1 is 1.53 bits per heavy atom. The molecule has 1 unspecified atom stereocenters. The molecule has 3 nitrogen and oxygen atoms in total. The predicted molar refractivity (Wildman–Crippen MR) is 80.2 cm³/mol. The van der Waals surface area contributed by atoms with Crippen molar-refractivity contribution in [3.63, 3.8) is 0 Å². The maximum absolute atomic E-state index is 12.2. The van der Waals surface area contributed by atoms with Crippen LogP contribution in [-0.2, 0) is 18.7 Å². The highest BCUT2D eigenvalue weighted by atomic mass is 35.5. The first-order chi connectivity index (χ1) is 9.22. The Morgan fingerprint density at radius 3 is 3.11 bits per heavy atom. The maximum Gasteiger partial charge on any atom is 0.259 e. The number of thiophene rings is 1. The molecule has 1 aliphatic rings. The van der Waals surface area contributed by atoms with Gasteiger partial charge in [-0.3, -0.25) is 4.79 Å². The van der Waals surface area contributed by atoms with Gasteiger partial charge in [-0.25, -0.2) is 4.98 Å². The standard InChI is InChI=1S/C14H17ClN2OS/c1-2-3-8-4-5-9-10(6-8)19-14-12(9)13(18)16-11(7-15)17-14/h8H,2-7H2,1H3,(H,16,17,18). The number of hydrogen-bond acceptors (Lipinski definition) is 3. The SMILES string of the molecule is CCCC1CCc2c(sc3nc(CCl)[nH]c(=O)c23)C1. The Labute approximate surface area is 121 Å². The molecular weight excluding hydrogens is 280 g/mol. The van der Waals surface area contributed by atoms with Gasteiger partial charge in [0.1, 0.15) is 10.7 Å². The van der Waals surface area contributed by atoms with Gasteiger partial charge in [-0.2, -0.15) is 0 Å². The lowest BCUT2D eigenvalue weighted by Gasteiger charge is -2.21. The monoisotopic (exact) mass is 296 g/mol. The van der Waals surface area contributed by atoms with Crippen LogP contribution in [0.1, 0.15) is 42.5 Å². The van der Waals surface area contributed by atoms with Crippen molar-refractivity contribution in [1.29, 1.82) is 0 Å². The molecule has 2 heterocycles. The molecular formula is C14H17ClN2OS. The zero-order chi connectivity index (χ0) is 13.4. The van der Waals surface area contributed by atoms with Gasteiger partial charge in [-0.05, 0) is 30.7 Å². The lowest BCUT2D eigenvalue weighted by Crippen LogP contribution is -2.15. The highest BCUT2D eigenvalue weighted by Gasteiger charge is 2.24. The first-order valence-electron chi connectivity index (χ1n) is 6.82. The number of halogens is 1. The fourth-order valence-corrected chi connectivity index (χ4v) is 4.49. The Balaban J connectivity index is 2.08. The van der Waals surface area contributed by atoms with Crippen LogP contribution in [0.5, 0.6) is 0 Å². The van der Waals surface area contributed by atoms with Gasteiger partial charge in [-0.15, -0.1) is 22.9 Å². The third kappa shape index (κ3) is 2.32. The molecule has 19 heavy (non-hydrogen) atoms. The van der Waals surface area contributed by atoms with Crippen molar-refractivity contribution in [2.45, 2.75) is 44.9 Å². The number of nitrogens with zero attached hydrogens (tertiary/aromatic N) is 1. The van der Waals surface area contributed by atoms with E-state index in [0.717, 1.165) is 29.0 Å². The van der Waals surface area contributed by atoms with Crippen LogP contribution in [0.25, 0.3) is 10.2 Å². The van der Waals surface area contributed by atoms with E-state index in [0.29, 0.717) is 5.82 Å². The molecule has 0 aliphatic heterocycles. The minimum absolute atomic E-state index is 0.0212. The topological polar surface area (TPSA) is 45.8 Å². The normalized spacial score (nSPS) is 18.7. The minimum Gasteiger partial charge on any atom is -0.309 e.